The molecule has 0 bridgehead atoms. The first-order valence-corrected chi connectivity index (χ1v) is 5.35. The van der Waals surface area contributed by atoms with Gasteiger partial charge in [-0.2, -0.15) is 4.90 Å². The Labute approximate surface area is 103 Å². The molecule has 1 fully saturated rings. The molecule has 1 saturated heterocycles. The van der Waals surface area contributed by atoms with Crippen molar-refractivity contribution in [3.63, 3.8) is 0 Å². The number of hydrogen-bond donors (Lipinski definition) is 0. The van der Waals surface area contributed by atoms with Gasteiger partial charge in [-0.1, -0.05) is 30.3 Å². The van der Waals surface area contributed by atoms with Crippen LogP contribution in [0, 0.1) is 0 Å². The maximum atomic E-state index is 11.6. The Morgan fingerprint density at radius 1 is 1.33 bits per heavy atom. The maximum Gasteiger partial charge on any atom is 0.427 e. The normalized spacial score (nSPS) is 18.7. The zero-order chi connectivity index (χ0) is 13.1. The molecule has 0 aromatic heterocycles. The van der Waals surface area contributed by atoms with Crippen LogP contribution in [-0.2, 0) is 20.9 Å². The van der Waals surface area contributed by atoms with Crippen LogP contribution in [-0.4, -0.2) is 29.1 Å². The Kier molecular flexibility index (Phi) is 3.27. The van der Waals surface area contributed by atoms with E-state index >= 15 is 0 Å². The van der Waals surface area contributed by atoms with Crippen LogP contribution in [0.4, 0.5) is 9.59 Å². The van der Waals surface area contributed by atoms with Crippen molar-refractivity contribution in [2.75, 3.05) is 0 Å². The van der Waals surface area contributed by atoms with Gasteiger partial charge in [-0.15, -0.1) is 0 Å². The minimum Gasteiger partial charge on any atom is -0.444 e. The highest BCUT2D eigenvalue weighted by atomic mass is 16.6. The fraction of sp³-hybridized carbons (Fsp3) is 0.250. The molecule has 1 aromatic carbocycles. The van der Waals surface area contributed by atoms with Gasteiger partial charge in [-0.05, 0) is 12.5 Å². The summed E-state index contributed by atoms with van der Waals surface area (Å²) in [6.07, 6.45) is -1.88. The Balaban J connectivity index is 1.96. The van der Waals surface area contributed by atoms with Gasteiger partial charge in [0.25, 0.3) is 0 Å². The molecule has 18 heavy (non-hydrogen) atoms. The molecule has 0 saturated carbocycles. The van der Waals surface area contributed by atoms with Crippen LogP contribution in [0.3, 0.4) is 0 Å². The quantitative estimate of drug-likeness (QED) is 0.589. The molecule has 1 aliphatic rings. The van der Waals surface area contributed by atoms with Gasteiger partial charge >= 0.3 is 18.2 Å². The summed E-state index contributed by atoms with van der Waals surface area (Å²) < 4.78 is 9.24. The first-order chi connectivity index (χ1) is 8.59. The van der Waals surface area contributed by atoms with Crippen LogP contribution in [0.25, 0.3) is 0 Å². The smallest absolute Gasteiger partial charge is 0.427 e. The molecule has 2 rings (SSSR count). The Bertz CT molecular complexity index is 485. The van der Waals surface area contributed by atoms with Crippen molar-refractivity contribution < 1.29 is 23.9 Å². The molecule has 6 heteroatoms. The van der Waals surface area contributed by atoms with Crippen molar-refractivity contribution in [2.24, 2.45) is 0 Å². The average molecular weight is 249 g/mol. The number of benzene rings is 1. The van der Waals surface area contributed by atoms with Crippen LogP contribution in [0.5, 0.6) is 0 Å². The van der Waals surface area contributed by atoms with Gasteiger partial charge in [0.2, 0.25) is 0 Å². The number of ether oxygens (including phenoxy) is 2. The van der Waals surface area contributed by atoms with Gasteiger partial charge < -0.3 is 9.47 Å². The highest BCUT2D eigenvalue weighted by molar-refractivity contribution is 6.03. The lowest BCUT2D eigenvalue weighted by molar-refractivity contribution is -0.135. The Morgan fingerprint density at radius 2 is 2.00 bits per heavy atom. The van der Waals surface area contributed by atoms with Crippen molar-refractivity contribution in [3.05, 3.63) is 35.9 Å². The first-order valence-electron chi connectivity index (χ1n) is 5.35. The minimum atomic E-state index is -0.995. The van der Waals surface area contributed by atoms with E-state index in [1.54, 1.807) is 24.3 Å². The van der Waals surface area contributed by atoms with Gasteiger partial charge in [0.05, 0.1) is 0 Å². The maximum absolute atomic E-state index is 11.6. The molecule has 6 nitrogen and oxygen atoms in total. The summed E-state index contributed by atoms with van der Waals surface area (Å²) in [5.41, 5.74) is 0.789. The van der Waals surface area contributed by atoms with Crippen molar-refractivity contribution in [1.29, 1.82) is 0 Å². The molecular formula is C12H11NO5. The second-order valence-electron chi connectivity index (χ2n) is 3.77. The highest BCUT2D eigenvalue weighted by Crippen LogP contribution is 2.15. The highest BCUT2D eigenvalue weighted by Gasteiger charge is 2.43. The Morgan fingerprint density at radius 3 is 2.56 bits per heavy atom. The van der Waals surface area contributed by atoms with Crippen molar-refractivity contribution >= 4 is 18.2 Å². The summed E-state index contributed by atoms with van der Waals surface area (Å²) in [7, 11) is 0. The first kappa shape index (κ1) is 12.1. The lowest BCUT2D eigenvalue weighted by Crippen LogP contribution is -2.38. The molecule has 2 amide bonds. The van der Waals surface area contributed by atoms with Crippen LogP contribution < -0.4 is 0 Å². The topological polar surface area (TPSA) is 72.9 Å². The monoisotopic (exact) mass is 249 g/mol. The standard InChI is InChI=1S/C12H11NO5/c1-8-10(14)18-12(16)13(8)11(15)17-7-9-5-3-2-4-6-9/h2-6,8H,7H2,1H3/t8-/m1/s1. The molecule has 0 unspecified atom stereocenters. The molecule has 0 radical (unpaired) electrons. The van der Waals surface area contributed by atoms with E-state index in [4.69, 9.17) is 4.74 Å². The molecule has 0 spiro atoms. The molecule has 1 aromatic rings. The number of nitrogens with zero attached hydrogens (tertiary/aromatic N) is 1. The second-order valence-corrected chi connectivity index (χ2v) is 3.77. The van der Waals surface area contributed by atoms with Gasteiger partial charge in [-0.3, -0.25) is 0 Å². The summed E-state index contributed by atoms with van der Waals surface area (Å²) >= 11 is 0. The number of esters is 1. The zero-order valence-electron chi connectivity index (χ0n) is 9.66. The lowest BCUT2D eigenvalue weighted by Gasteiger charge is -2.14. The number of carbonyl (C=O) groups is 3. The minimum absolute atomic E-state index is 0.0321. The number of amides is 2. The molecular weight excluding hydrogens is 238 g/mol. The summed E-state index contributed by atoms with van der Waals surface area (Å²) in [6.45, 7) is 1.43. The molecule has 1 aliphatic heterocycles. The number of imide groups is 1. The third kappa shape index (κ3) is 2.32. The van der Waals surface area contributed by atoms with E-state index in [0.717, 1.165) is 5.56 Å². The number of cyclic esters (lactones) is 2. The fourth-order valence-corrected chi connectivity index (χ4v) is 1.51. The number of rotatable bonds is 2. The van der Waals surface area contributed by atoms with Crippen LogP contribution in [0.2, 0.25) is 0 Å². The largest absolute Gasteiger partial charge is 0.444 e. The third-order valence-corrected chi connectivity index (χ3v) is 2.51. The second kappa shape index (κ2) is 4.87. The third-order valence-electron chi connectivity index (χ3n) is 2.51. The lowest BCUT2D eigenvalue weighted by atomic mass is 10.2. The predicted octanol–water partition coefficient (Wildman–Crippen LogP) is 1.69. The van der Waals surface area contributed by atoms with E-state index in [9.17, 15) is 14.4 Å². The van der Waals surface area contributed by atoms with Crippen molar-refractivity contribution in [2.45, 2.75) is 19.6 Å². The molecule has 94 valence electrons. The summed E-state index contributed by atoms with van der Waals surface area (Å²) in [5, 5.41) is 0. The molecule has 1 heterocycles. The molecule has 1 atom stereocenters. The Hall–Kier alpha value is -2.37. The number of carbonyl (C=O) groups excluding carboxylic acids is 3. The van der Waals surface area contributed by atoms with E-state index < -0.39 is 24.2 Å². The SMILES string of the molecule is C[C@@H]1C(=O)OC(=O)N1C(=O)OCc1ccccc1. The van der Waals surface area contributed by atoms with Gasteiger partial charge in [-0.25, -0.2) is 14.4 Å². The summed E-state index contributed by atoms with van der Waals surface area (Å²) in [6, 6.07) is 8.07. The fourth-order valence-electron chi connectivity index (χ4n) is 1.51. The number of hydrogen-bond acceptors (Lipinski definition) is 5. The van der Waals surface area contributed by atoms with E-state index in [2.05, 4.69) is 4.74 Å². The van der Waals surface area contributed by atoms with E-state index in [-0.39, 0.29) is 6.61 Å². The summed E-state index contributed by atoms with van der Waals surface area (Å²) in [5.74, 6) is -0.753. The zero-order valence-corrected chi connectivity index (χ0v) is 9.66. The molecule has 0 aliphatic carbocycles. The van der Waals surface area contributed by atoms with Crippen LogP contribution in [0.1, 0.15) is 12.5 Å². The predicted molar refractivity (Wildman–Crippen MR) is 59.4 cm³/mol. The van der Waals surface area contributed by atoms with E-state index in [0.29, 0.717) is 4.90 Å². The van der Waals surface area contributed by atoms with E-state index in [1.165, 1.54) is 6.92 Å². The van der Waals surface area contributed by atoms with Crippen molar-refractivity contribution in [3.8, 4) is 0 Å². The van der Waals surface area contributed by atoms with E-state index in [1.807, 2.05) is 6.07 Å². The average Bonchev–Trinajstić information content (AvgIpc) is 2.62. The van der Waals surface area contributed by atoms with Crippen LogP contribution in [0.15, 0.2) is 30.3 Å². The summed E-state index contributed by atoms with van der Waals surface area (Å²) in [4.78, 5) is 34.6. The van der Waals surface area contributed by atoms with Gasteiger partial charge in [0.1, 0.15) is 12.6 Å². The van der Waals surface area contributed by atoms with Crippen molar-refractivity contribution in [1.82, 2.24) is 4.90 Å². The van der Waals surface area contributed by atoms with Gasteiger partial charge in [0.15, 0.2) is 0 Å². The van der Waals surface area contributed by atoms with Crippen LogP contribution >= 0.6 is 0 Å². The molecule has 0 N–H and O–H groups in total. The van der Waals surface area contributed by atoms with Gasteiger partial charge in [0, 0.05) is 0 Å².